The van der Waals surface area contributed by atoms with Crippen LogP contribution in [0.3, 0.4) is 0 Å². The first-order chi connectivity index (χ1) is 36.4. The third kappa shape index (κ3) is 13.2. The summed E-state index contributed by atoms with van der Waals surface area (Å²) in [6.07, 6.45) is -1.84. The maximum absolute atomic E-state index is 13.2. The normalized spacial score (nSPS) is 17.3. The molecule has 5 atom stereocenters. The zero-order valence-electron chi connectivity index (χ0n) is 45.4. The van der Waals surface area contributed by atoms with Gasteiger partial charge in [-0.15, -0.1) is 0 Å². The summed E-state index contributed by atoms with van der Waals surface area (Å²) in [6.45, 7) is 17.3. The van der Waals surface area contributed by atoms with E-state index in [2.05, 4.69) is 48.7 Å². The van der Waals surface area contributed by atoms with E-state index in [1.54, 1.807) is 91.1 Å². The van der Waals surface area contributed by atoms with Crippen molar-refractivity contribution in [1.29, 1.82) is 5.26 Å². The second kappa shape index (κ2) is 25.5. The molecule has 18 nitrogen and oxygen atoms in total. The number of carbonyl (C=O) groups is 2. The molecule has 0 bridgehead atoms. The van der Waals surface area contributed by atoms with E-state index in [1.165, 1.54) is 0 Å². The van der Waals surface area contributed by atoms with Crippen LogP contribution in [0.15, 0.2) is 109 Å². The Bertz CT molecular complexity index is 2830. The number of ether oxygens (including phenoxy) is 7. The number of imidazole rings is 1. The molecule has 1 fully saturated rings. The van der Waals surface area contributed by atoms with Gasteiger partial charge in [-0.1, -0.05) is 80.6 Å². The zero-order valence-corrected chi connectivity index (χ0v) is 46.3. The molecule has 0 aliphatic carbocycles. The number of hydrogen-bond donors (Lipinski definition) is 1. The van der Waals surface area contributed by atoms with Crippen molar-refractivity contribution in [3.63, 3.8) is 0 Å². The van der Waals surface area contributed by atoms with Crippen LogP contribution < -0.4 is 24.3 Å². The van der Waals surface area contributed by atoms with Crippen LogP contribution in [0.2, 0.25) is 0 Å². The van der Waals surface area contributed by atoms with Crippen LogP contribution in [0.5, 0.6) is 23.1 Å². The van der Waals surface area contributed by atoms with Gasteiger partial charge in [-0.2, -0.15) is 15.2 Å². The molecule has 19 heteroatoms. The summed E-state index contributed by atoms with van der Waals surface area (Å²) in [4.78, 5) is 40.1. The predicted octanol–water partition coefficient (Wildman–Crippen LogP) is 10.6. The van der Waals surface area contributed by atoms with Gasteiger partial charge in [0.2, 0.25) is 17.7 Å². The van der Waals surface area contributed by atoms with Crippen molar-refractivity contribution in [1.82, 2.24) is 24.2 Å². The number of carbonyl (C=O) groups excluding carboxylic acids is 2. The lowest BCUT2D eigenvalue weighted by Gasteiger charge is -2.39. The van der Waals surface area contributed by atoms with E-state index in [4.69, 9.17) is 52.2 Å². The number of nitrogens with one attached hydrogen (secondary N) is 1. The molecular weight excluding hydrogens is 990 g/mol. The van der Waals surface area contributed by atoms with Crippen molar-refractivity contribution < 1.29 is 51.8 Å². The molecule has 0 radical (unpaired) electrons. The van der Waals surface area contributed by atoms with Crippen molar-refractivity contribution in [3.05, 3.63) is 132 Å². The van der Waals surface area contributed by atoms with Gasteiger partial charge in [0.05, 0.1) is 51.7 Å². The van der Waals surface area contributed by atoms with E-state index >= 15 is 0 Å². The Morgan fingerprint density at radius 1 is 0.803 bits per heavy atom. The molecular formula is C57H70N7O11P. The molecule has 76 heavy (non-hydrogen) atoms. The highest BCUT2D eigenvalue weighted by atomic mass is 31.2. The highest BCUT2D eigenvalue weighted by molar-refractivity contribution is 7.44. The van der Waals surface area contributed by atoms with Gasteiger partial charge in [-0.3, -0.25) is 19.5 Å². The standard InChI is InChI=1S/C57H70N7O11P/c1-36(2)51(65)61-55-60-50-47(52(62-55)70-33-39-19-25-45(26-20-39)73-54(66)56(7,8)9)59-35-63(50)53-49(69-12)48(75-76(72-32-16-31-58)64(37(3)4)38(5)6)46(74-53)34-71-57(40-17-14-13-15-18-40,41-21-27-43(67-10)28-22-41)42-23-29-44(68-11)30-24-42/h13-15,17-30,35-38,46,48-49,53H,16,32-34H2,1-12H3,(H,60,61,62,65)/t46-,48-,49-,53-,76?/m1/s1. The van der Waals surface area contributed by atoms with Crippen LogP contribution in [-0.2, 0) is 45.1 Å². The van der Waals surface area contributed by atoms with E-state index in [-0.39, 0.29) is 73.2 Å². The predicted molar refractivity (Wildman–Crippen MR) is 288 cm³/mol. The van der Waals surface area contributed by atoms with E-state index in [0.717, 1.165) is 22.3 Å². The molecule has 2 aromatic heterocycles. The molecule has 1 unspecified atom stereocenters. The van der Waals surface area contributed by atoms with Crippen molar-refractivity contribution in [2.45, 2.75) is 118 Å². The highest BCUT2D eigenvalue weighted by Gasteiger charge is 2.51. The largest absolute Gasteiger partial charge is 0.497 e. The van der Waals surface area contributed by atoms with E-state index in [9.17, 15) is 14.9 Å². The van der Waals surface area contributed by atoms with Gasteiger partial charge in [0.1, 0.15) is 47.8 Å². The molecule has 0 saturated carbocycles. The fraction of sp³-hybridized carbons (Fsp3) is 0.439. The molecule has 1 aliphatic heterocycles. The minimum atomic E-state index is -1.85. The lowest BCUT2D eigenvalue weighted by molar-refractivity contribution is -0.143. The van der Waals surface area contributed by atoms with Crippen LogP contribution in [0, 0.1) is 22.7 Å². The molecule has 1 saturated heterocycles. The first kappa shape index (κ1) is 57.2. The van der Waals surface area contributed by atoms with Crippen LogP contribution in [0.1, 0.15) is 97.2 Å². The number of methoxy groups -OCH3 is 3. The summed E-state index contributed by atoms with van der Waals surface area (Å²) in [5.74, 6) is 0.767. The van der Waals surface area contributed by atoms with Gasteiger partial charge in [-0.05, 0) is 107 Å². The average molecular weight is 1060 g/mol. The molecule has 404 valence electrons. The van der Waals surface area contributed by atoms with Crippen molar-refractivity contribution in [2.24, 2.45) is 11.3 Å². The maximum Gasteiger partial charge on any atom is 0.316 e. The summed E-state index contributed by atoms with van der Waals surface area (Å²) < 4.78 is 61.9. The summed E-state index contributed by atoms with van der Waals surface area (Å²) in [5, 5.41) is 12.4. The molecule has 1 N–H and O–H groups in total. The van der Waals surface area contributed by atoms with E-state index in [1.807, 2.05) is 78.9 Å². The van der Waals surface area contributed by atoms with Gasteiger partial charge < -0.3 is 42.2 Å². The number of fused-ring (bicyclic) bond motifs is 1. The van der Waals surface area contributed by atoms with E-state index in [0.29, 0.717) is 17.2 Å². The monoisotopic (exact) mass is 1060 g/mol. The maximum atomic E-state index is 13.2. The Labute approximate surface area is 446 Å². The van der Waals surface area contributed by atoms with Crippen LogP contribution in [0.25, 0.3) is 11.2 Å². The highest BCUT2D eigenvalue weighted by Crippen LogP contribution is 2.52. The Kier molecular flexibility index (Phi) is 19.2. The smallest absolute Gasteiger partial charge is 0.316 e. The molecule has 0 spiro atoms. The number of amides is 1. The second-order valence-electron chi connectivity index (χ2n) is 20.1. The SMILES string of the molecule is COc1ccc(C(OC[C@H]2O[C@@H](n3cnc4c(OCc5ccc(OC(=O)C(C)(C)C)cc5)nc(NC(=O)C(C)C)nc43)[C@H](OC)[C@@H]2OP(OCCC#N)N(C(C)C)C(C)C)(c2ccccc2)c2ccc(OC)cc2)cc1. The first-order valence-electron chi connectivity index (χ1n) is 25.3. The number of benzene rings is 4. The molecule has 3 heterocycles. The van der Waals surface area contributed by atoms with Gasteiger partial charge in [0.15, 0.2) is 17.4 Å². The number of anilines is 1. The first-order valence-corrected chi connectivity index (χ1v) is 26.5. The lowest BCUT2D eigenvalue weighted by Crippen LogP contribution is -2.42. The van der Waals surface area contributed by atoms with E-state index < -0.39 is 50.0 Å². The Morgan fingerprint density at radius 2 is 1.39 bits per heavy atom. The zero-order chi connectivity index (χ0) is 54.7. The topological polar surface area (TPSA) is 200 Å². The van der Waals surface area contributed by atoms with Crippen molar-refractivity contribution in [2.75, 3.05) is 39.9 Å². The minimum absolute atomic E-state index is 0.0161. The number of nitrogens with zero attached hydrogens (tertiary/aromatic N) is 6. The number of hydrogen-bond acceptors (Lipinski definition) is 16. The fourth-order valence-electron chi connectivity index (χ4n) is 8.68. The summed E-state index contributed by atoms with van der Waals surface area (Å²) in [7, 11) is 2.98. The Morgan fingerprint density at radius 3 is 1.93 bits per heavy atom. The second-order valence-corrected chi connectivity index (χ2v) is 21.5. The average Bonchev–Trinajstić information content (AvgIpc) is 3.99. The van der Waals surface area contributed by atoms with Crippen LogP contribution in [-0.4, -0.2) is 101 Å². The number of aromatic nitrogens is 4. The van der Waals surface area contributed by atoms with Crippen molar-refractivity contribution in [3.8, 4) is 29.2 Å². The van der Waals surface area contributed by atoms with Crippen molar-refractivity contribution >= 4 is 37.5 Å². The number of rotatable bonds is 24. The van der Waals surface area contributed by atoms with Gasteiger partial charge >= 0.3 is 5.97 Å². The molecule has 7 rings (SSSR count). The number of esters is 1. The van der Waals surface area contributed by atoms with Crippen LogP contribution in [0.4, 0.5) is 5.95 Å². The van der Waals surface area contributed by atoms with Gasteiger partial charge in [-0.25, -0.2) is 9.65 Å². The summed E-state index contributed by atoms with van der Waals surface area (Å²) >= 11 is 0. The lowest BCUT2D eigenvalue weighted by atomic mass is 9.80. The van der Waals surface area contributed by atoms with Gasteiger partial charge in [0.25, 0.3) is 8.53 Å². The molecule has 1 aliphatic rings. The molecule has 6 aromatic rings. The Hall–Kier alpha value is -6.55. The summed E-state index contributed by atoms with van der Waals surface area (Å²) in [5.41, 5.74) is 1.86. The third-order valence-corrected chi connectivity index (χ3v) is 14.7. The quantitative estimate of drug-likeness (QED) is 0.0197. The molecule has 4 aromatic carbocycles. The number of nitriles is 1. The Balaban J connectivity index is 1.33. The fourth-order valence-corrected chi connectivity index (χ4v) is 10.4. The third-order valence-electron chi connectivity index (χ3n) is 12.6. The van der Waals surface area contributed by atoms with Crippen LogP contribution >= 0.6 is 8.53 Å². The summed E-state index contributed by atoms with van der Waals surface area (Å²) in [6, 6.07) is 34.6. The minimum Gasteiger partial charge on any atom is -0.497 e. The molecule has 1 amide bonds. The van der Waals surface area contributed by atoms with Gasteiger partial charge in [0, 0.05) is 25.1 Å².